The summed E-state index contributed by atoms with van der Waals surface area (Å²) in [5.41, 5.74) is 3.81. The first-order valence-corrected chi connectivity index (χ1v) is 5.90. The number of carbonyl (C=O) groups excluding carboxylic acids is 1. The molecule has 0 aromatic heterocycles. The molecule has 0 aliphatic carbocycles. The molecule has 0 atom stereocenters. The number of amides is 1. The summed E-state index contributed by atoms with van der Waals surface area (Å²) in [6.07, 6.45) is 0.924. The maximum Gasteiger partial charge on any atom is 0.240 e. The Morgan fingerprint density at radius 1 is 1.33 bits per heavy atom. The minimum Gasteiger partial charge on any atom is -0.496 e. The topological polar surface area (TPSA) is 50.7 Å². The zero-order chi connectivity index (χ0) is 13.5. The van der Waals surface area contributed by atoms with E-state index in [0.717, 1.165) is 0 Å². The van der Waals surface area contributed by atoms with Gasteiger partial charge in [0.05, 0.1) is 12.8 Å². The second-order valence-electron chi connectivity index (χ2n) is 3.44. The van der Waals surface area contributed by atoms with Gasteiger partial charge in [-0.25, -0.2) is 9.82 Å². The Labute approximate surface area is 106 Å². The van der Waals surface area contributed by atoms with E-state index < -0.39 is 0 Å². The van der Waals surface area contributed by atoms with Crippen LogP contribution in [0, 0.1) is 5.82 Å². The minimum absolute atomic E-state index is 0.107. The van der Waals surface area contributed by atoms with Gasteiger partial charge in [-0.3, -0.25) is 4.79 Å². The first-order valence-electron chi connectivity index (χ1n) is 5.90. The third kappa shape index (κ3) is 3.29. The van der Waals surface area contributed by atoms with E-state index in [1.807, 2.05) is 13.8 Å². The van der Waals surface area contributed by atoms with Crippen molar-refractivity contribution in [2.24, 2.45) is 5.10 Å². The molecule has 1 aliphatic heterocycles. The van der Waals surface area contributed by atoms with Crippen LogP contribution in [-0.2, 0) is 4.79 Å². The largest absolute Gasteiger partial charge is 0.496 e. The highest BCUT2D eigenvalue weighted by Crippen LogP contribution is 2.22. The number of nitrogens with one attached hydrogen (secondary N) is 1. The summed E-state index contributed by atoms with van der Waals surface area (Å²) >= 11 is 0. The monoisotopic (exact) mass is 252 g/mol. The average molecular weight is 252 g/mol. The minimum atomic E-state index is -0.360. The predicted octanol–water partition coefficient (Wildman–Crippen LogP) is 2.47. The summed E-state index contributed by atoms with van der Waals surface area (Å²) in [5, 5.41) is 3.93. The van der Waals surface area contributed by atoms with Gasteiger partial charge in [-0.2, -0.15) is 5.10 Å². The SMILES string of the molecule is CC.COc1cc(F)ccc1C1=NNC(=O)CC1. The fourth-order valence-electron chi connectivity index (χ4n) is 1.57. The lowest BCUT2D eigenvalue weighted by molar-refractivity contribution is -0.121. The molecule has 18 heavy (non-hydrogen) atoms. The van der Waals surface area contributed by atoms with Crippen LogP contribution in [0.3, 0.4) is 0 Å². The van der Waals surface area contributed by atoms with E-state index in [2.05, 4.69) is 10.5 Å². The molecule has 1 aromatic rings. The van der Waals surface area contributed by atoms with E-state index in [9.17, 15) is 9.18 Å². The lowest BCUT2D eigenvalue weighted by Gasteiger charge is -2.14. The molecule has 0 saturated heterocycles. The third-order valence-corrected chi connectivity index (χ3v) is 2.38. The molecule has 0 saturated carbocycles. The van der Waals surface area contributed by atoms with E-state index in [1.54, 1.807) is 6.07 Å². The van der Waals surface area contributed by atoms with E-state index in [1.165, 1.54) is 19.2 Å². The van der Waals surface area contributed by atoms with Crippen molar-refractivity contribution in [2.45, 2.75) is 26.7 Å². The van der Waals surface area contributed by atoms with Gasteiger partial charge in [-0.1, -0.05) is 13.8 Å². The summed E-state index contributed by atoms with van der Waals surface area (Å²) < 4.78 is 18.0. The first kappa shape index (κ1) is 14.2. The number of halogens is 1. The quantitative estimate of drug-likeness (QED) is 0.879. The maximum absolute atomic E-state index is 13.0. The van der Waals surface area contributed by atoms with E-state index in [4.69, 9.17) is 4.74 Å². The number of hydrogen-bond donors (Lipinski definition) is 1. The van der Waals surface area contributed by atoms with Gasteiger partial charge in [0, 0.05) is 24.5 Å². The highest BCUT2D eigenvalue weighted by atomic mass is 19.1. The molecule has 0 spiro atoms. The van der Waals surface area contributed by atoms with Crippen LogP contribution < -0.4 is 10.2 Å². The maximum atomic E-state index is 13.0. The number of methoxy groups -OCH3 is 1. The normalized spacial score (nSPS) is 14.0. The van der Waals surface area contributed by atoms with E-state index >= 15 is 0 Å². The summed E-state index contributed by atoms with van der Waals surface area (Å²) in [6.45, 7) is 4.00. The van der Waals surface area contributed by atoms with Crippen LogP contribution in [0.25, 0.3) is 0 Å². The van der Waals surface area contributed by atoms with Gasteiger partial charge in [0.1, 0.15) is 11.6 Å². The molecule has 1 aliphatic rings. The Balaban J connectivity index is 0.000000771. The van der Waals surface area contributed by atoms with Crippen molar-refractivity contribution < 1.29 is 13.9 Å². The first-order chi connectivity index (χ1) is 8.70. The van der Waals surface area contributed by atoms with Crippen LogP contribution in [0.1, 0.15) is 32.3 Å². The molecule has 5 heteroatoms. The van der Waals surface area contributed by atoms with Crippen molar-refractivity contribution in [1.82, 2.24) is 5.43 Å². The van der Waals surface area contributed by atoms with Crippen LogP contribution in [-0.4, -0.2) is 18.7 Å². The molecule has 1 aromatic carbocycles. The number of hydrazone groups is 1. The number of hydrogen-bond acceptors (Lipinski definition) is 3. The molecule has 0 unspecified atom stereocenters. The highest BCUT2D eigenvalue weighted by molar-refractivity contribution is 6.05. The molecule has 0 radical (unpaired) electrons. The lowest BCUT2D eigenvalue weighted by atomic mass is 10.0. The Bertz CT molecular complexity index is 458. The molecule has 0 fully saturated rings. The third-order valence-electron chi connectivity index (χ3n) is 2.38. The molecule has 98 valence electrons. The molecular weight excluding hydrogens is 235 g/mol. The molecular formula is C13H17FN2O2. The van der Waals surface area contributed by atoms with Crippen molar-refractivity contribution >= 4 is 11.6 Å². The Morgan fingerprint density at radius 3 is 2.61 bits per heavy atom. The zero-order valence-corrected chi connectivity index (χ0v) is 10.8. The molecule has 1 N–H and O–H groups in total. The van der Waals surface area contributed by atoms with Crippen LogP contribution in [0.5, 0.6) is 5.75 Å². The number of rotatable bonds is 2. The number of ether oxygens (including phenoxy) is 1. The second kappa shape index (κ2) is 6.74. The Hall–Kier alpha value is -1.91. The number of benzene rings is 1. The summed E-state index contributed by atoms with van der Waals surface area (Å²) in [4.78, 5) is 10.9. The Morgan fingerprint density at radius 2 is 2.06 bits per heavy atom. The fourth-order valence-corrected chi connectivity index (χ4v) is 1.57. The lowest BCUT2D eigenvalue weighted by Crippen LogP contribution is -2.26. The predicted molar refractivity (Wildman–Crippen MR) is 68.2 cm³/mol. The molecule has 0 bridgehead atoms. The number of carbonyl (C=O) groups is 1. The van der Waals surface area contributed by atoms with Crippen LogP contribution in [0.15, 0.2) is 23.3 Å². The van der Waals surface area contributed by atoms with Crippen LogP contribution in [0.4, 0.5) is 4.39 Å². The van der Waals surface area contributed by atoms with Gasteiger partial charge in [0.25, 0.3) is 0 Å². The van der Waals surface area contributed by atoms with Crippen molar-refractivity contribution in [2.75, 3.05) is 7.11 Å². The molecule has 4 nitrogen and oxygen atoms in total. The van der Waals surface area contributed by atoms with Gasteiger partial charge in [-0.15, -0.1) is 0 Å². The number of nitrogens with zero attached hydrogens (tertiary/aromatic N) is 1. The second-order valence-corrected chi connectivity index (χ2v) is 3.44. The zero-order valence-electron chi connectivity index (χ0n) is 10.8. The molecule has 1 amide bonds. The molecule has 2 rings (SSSR count). The van der Waals surface area contributed by atoms with Gasteiger partial charge in [0.15, 0.2) is 0 Å². The van der Waals surface area contributed by atoms with E-state index in [-0.39, 0.29) is 11.7 Å². The van der Waals surface area contributed by atoms with Crippen molar-refractivity contribution in [3.8, 4) is 5.75 Å². The van der Waals surface area contributed by atoms with Crippen LogP contribution >= 0.6 is 0 Å². The van der Waals surface area contributed by atoms with Gasteiger partial charge < -0.3 is 4.74 Å². The van der Waals surface area contributed by atoms with Crippen molar-refractivity contribution in [1.29, 1.82) is 0 Å². The molecule has 1 heterocycles. The summed E-state index contributed by atoms with van der Waals surface area (Å²) in [7, 11) is 1.47. The van der Waals surface area contributed by atoms with Gasteiger partial charge in [0.2, 0.25) is 5.91 Å². The Kier molecular flexibility index (Phi) is 5.30. The fraction of sp³-hybridized carbons (Fsp3) is 0.385. The van der Waals surface area contributed by atoms with Gasteiger partial charge >= 0.3 is 0 Å². The van der Waals surface area contributed by atoms with Crippen molar-refractivity contribution in [3.63, 3.8) is 0 Å². The van der Waals surface area contributed by atoms with Crippen molar-refractivity contribution in [3.05, 3.63) is 29.6 Å². The summed E-state index contributed by atoms with van der Waals surface area (Å²) in [5.74, 6) is -0.0410. The van der Waals surface area contributed by atoms with Crippen LogP contribution in [0.2, 0.25) is 0 Å². The van der Waals surface area contributed by atoms with Gasteiger partial charge in [-0.05, 0) is 12.1 Å². The highest BCUT2D eigenvalue weighted by Gasteiger charge is 2.16. The smallest absolute Gasteiger partial charge is 0.240 e. The average Bonchev–Trinajstić information content (AvgIpc) is 2.42. The van der Waals surface area contributed by atoms with E-state index in [0.29, 0.717) is 29.9 Å². The summed E-state index contributed by atoms with van der Waals surface area (Å²) in [6, 6.07) is 4.25. The standard InChI is InChI=1S/C11H11FN2O2.C2H6/c1-16-10-6-7(12)2-3-8(10)9-4-5-11(15)14-13-9;1-2/h2-3,6H,4-5H2,1H3,(H,14,15);1-2H3.